The van der Waals surface area contributed by atoms with Gasteiger partial charge in [-0.1, -0.05) is 34.1 Å². The summed E-state index contributed by atoms with van der Waals surface area (Å²) in [4.78, 5) is 38.2. The molecule has 162 valence electrons. The number of carbonyl (C=O) groups excluding carboxylic acids is 3. The van der Waals surface area contributed by atoms with Gasteiger partial charge in [0.25, 0.3) is 11.7 Å². The molecule has 0 aliphatic carbocycles. The molecule has 3 rings (SSSR count). The molecule has 1 aliphatic rings. The molecule has 1 fully saturated rings. The van der Waals surface area contributed by atoms with Crippen LogP contribution in [0.1, 0.15) is 29.7 Å². The van der Waals surface area contributed by atoms with Crippen LogP contribution in [0.15, 0.2) is 52.5 Å². The third-order valence-corrected chi connectivity index (χ3v) is 5.85. The summed E-state index contributed by atoms with van der Waals surface area (Å²) in [5.41, 5.74) is 1.91. The van der Waals surface area contributed by atoms with Crippen molar-refractivity contribution in [3.63, 3.8) is 0 Å². The van der Waals surface area contributed by atoms with Crippen molar-refractivity contribution in [3.8, 4) is 5.75 Å². The Kier molecular flexibility index (Phi) is 6.92. The van der Waals surface area contributed by atoms with Crippen molar-refractivity contribution in [2.24, 2.45) is 0 Å². The summed E-state index contributed by atoms with van der Waals surface area (Å²) < 4.78 is 11.0. The van der Waals surface area contributed by atoms with Crippen LogP contribution in [0.3, 0.4) is 0 Å². The number of nitrogens with zero attached hydrogens (tertiary/aromatic N) is 1. The number of aliphatic hydroxyl groups is 1. The number of aliphatic hydroxyl groups excluding tert-OH is 1. The molecule has 0 radical (unpaired) electrons. The zero-order valence-corrected chi connectivity index (χ0v) is 18.9. The van der Waals surface area contributed by atoms with Gasteiger partial charge < -0.3 is 19.5 Å². The first-order valence-corrected chi connectivity index (χ1v) is 10.4. The fourth-order valence-corrected chi connectivity index (χ4v) is 3.73. The average Bonchev–Trinajstić information content (AvgIpc) is 2.98. The standard InChI is InChI=1S/C23H22BrNO6/c1-13-12-16(6-9-18(13)24)21(27)19-20(25(10-11-30-3)23(29)22(19)28)15-4-7-17(8-5-15)31-14(2)26/h4-9,12,20,27H,10-11H2,1-3H3/b21-19-. The first-order chi connectivity index (χ1) is 14.7. The summed E-state index contributed by atoms with van der Waals surface area (Å²) in [7, 11) is 1.50. The molecular weight excluding hydrogens is 466 g/mol. The van der Waals surface area contributed by atoms with E-state index < -0.39 is 23.7 Å². The van der Waals surface area contributed by atoms with Gasteiger partial charge in [0.15, 0.2) is 0 Å². The van der Waals surface area contributed by atoms with Crippen LogP contribution < -0.4 is 4.74 Å². The number of aryl methyl sites for hydroxylation is 1. The zero-order valence-electron chi connectivity index (χ0n) is 17.3. The minimum absolute atomic E-state index is 0.00283. The second-order valence-corrected chi connectivity index (χ2v) is 7.97. The second kappa shape index (κ2) is 9.45. The van der Waals surface area contributed by atoms with E-state index in [1.54, 1.807) is 42.5 Å². The van der Waals surface area contributed by atoms with Crippen molar-refractivity contribution >= 4 is 39.3 Å². The highest BCUT2D eigenvalue weighted by molar-refractivity contribution is 9.10. The summed E-state index contributed by atoms with van der Waals surface area (Å²) >= 11 is 3.42. The lowest BCUT2D eigenvalue weighted by Gasteiger charge is -2.25. The number of benzene rings is 2. The fourth-order valence-electron chi connectivity index (χ4n) is 3.48. The number of rotatable bonds is 6. The third kappa shape index (κ3) is 4.70. The molecule has 1 heterocycles. The minimum atomic E-state index is -0.800. The quantitative estimate of drug-likeness (QED) is 0.219. The Labute approximate surface area is 188 Å². The summed E-state index contributed by atoms with van der Waals surface area (Å²) in [6.45, 7) is 3.57. The third-order valence-electron chi connectivity index (χ3n) is 4.97. The van der Waals surface area contributed by atoms with Crippen LogP contribution in [0.2, 0.25) is 0 Å². The Morgan fingerprint density at radius 3 is 2.42 bits per heavy atom. The molecule has 0 spiro atoms. The van der Waals surface area contributed by atoms with Gasteiger partial charge in [0, 0.05) is 30.6 Å². The highest BCUT2D eigenvalue weighted by Crippen LogP contribution is 2.40. The van der Waals surface area contributed by atoms with E-state index in [4.69, 9.17) is 9.47 Å². The Bertz CT molecular complexity index is 1060. The van der Waals surface area contributed by atoms with E-state index in [1.165, 1.54) is 18.9 Å². The van der Waals surface area contributed by atoms with Gasteiger partial charge in [-0.25, -0.2) is 0 Å². The number of amides is 1. The SMILES string of the molecule is COCCN1C(=O)C(=O)/C(=C(\O)c2ccc(Br)c(C)c2)C1c1ccc(OC(C)=O)cc1. The largest absolute Gasteiger partial charge is 0.507 e. The van der Waals surface area contributed by atoms with Gasteiger partial charge in [0.05, 0.1) is 18.2 Å². The van der Waals surface area contributed by atoms with Crippen molar-refractivity contribution in [2.75, 3.05) is 20.3 Å². The number of esters is 1. The first kappa shape index (κ1) is 22.7. The van der Waals surface area contributed by atoms with Gasteiger partial charge in [-0.2, -0.15) is 0 Å². The van der Waals surface area contributed by atoms with E-state index in [0.717, 1.165) is 10.0 Å². The van der Waals surface area contributed by atoms with Crippen molar-refractivity contribution in [3.05, 3.63) is 69.2 Å². The van der Waals surface area contributed by atoms with Gasteiger partial charge in [-0.15, -0.1) is 0 Å². The number of carbonyl (C=O) groups is 3. The lowest BCUT2D eigenvalue weighted by atomic mass is 9.95. The van der Waals surface area contributed by atoms with Gasteiger partial charge in [0.2, 0.25) is 0 Å². The molecule has 2 aromatic carbocycles. The number of halogens is 1. The second-order valence-electron chi connectivity index (χ2n) is 7.11. The number of likely N-dealkylation sites (tertiary alicyclic amines) is 1. The van der Waals surface area contributed by atoms with Gasteiger partial charge >= 0.3 is 5.97 Å². The number of methoxy groups -OCH3 is 1. The van der Waals surface area contributed by atoms with E-state index in [0.29, 0.717) is 16.9 Å². The number of hydrogen-bond donors (Lipinski definition) is 1. The van der Waals surface area contributed by atoms with Crippen LogP contribution >= 0.6 is 15.9 Å². The van der Waals surface area contributed by atoms with Crippen molar-refractivity contribution in [2.45, 2.75) is 19.9 Å². The van der Waals surface area contributed by atoms with E-state index in [9.17, 15) is 19.5 Å². The van der Waals surface area contributed by atoms with Crippen molar-refractivity contribution in [1.29, 1.82) is 0 Å². The topological polar surface area (TPSA) is 93.1 Å². The maximum absolute atomic E-state index is 12.9. The summed E-state index contributed by atoms with van der Waals surface area (Å²) in [5.74, 6) is -1.83. The van der Waals surface area contributed by atoms with Crippen molar-refractivity contribution in [1.82, 2.24) is 4.90 Å². The van der Waals surface area contributed by atoms with Crippen LogP contribution in [-0.4, -0.2) is 47.9 Å². The molecule has 1 unspecified atom stereocenters. The van der Waals surface area contributed by atoms with Gasteiger partial charge in [0.1, 0.15) is 11.5 Å². The lowest BCUT2D eigenvalue weighted by molar-refractivity contribution is -0.140. The zero-order chi connectivity index (χ0) is 22.7. The van der Waals surface area contributed by atoms with Crippen LogP contribution in [0.4, 0.5) is 0 Å². The van der Waals surface area contributed by atoms with Gasteiger partial charge in [-0.05, 0) is 42.3 Å². The first-order valence-electron chi connectivity index (χ1n) is 9.56. The predicted octanol–water partition coefficient (Wildman–Crippen LogP) is 3.75. The highest BCUT2D eigenvalue weighted by atomic mass is 79.9. The normalized spacial score (nSPS) is 17.8. The predicted molar refractivity (Wildman–Crippen MR) is 118 cm³/mol. The maximum atomic E-state index is 12.9. The molecule has 1 saturated heterocycles. The number of ketones is 1. The minimum Gasteiger partial charge on any atom is -0.507 e. The monoisotopic (exact) mass is 487 g/mol. The molecule has 2 aromatic rings. The molecule has 0 bridgehead atoms. The molecule has 1 atom stereocenters. The average molecular weight is 488 g/mol. The molecule has 0 saturated carbocycles. The van der Waals surface area contributed by atoms with Crippen molar-refractivity contribution < 1.29 is 29.0 Å². The molecule has 1 amide bonds. The van der Waals surface area contributed by atoms with Crippen LogP contribution in [-0.2, 0) is 19.1 Å². The Morgan fingerprint density at radius 2 is 1.84 bits per heavy atom. The smallest absolute Gasteiger partial charge is 0.308 e. The lowest BCUT2D eigenvalue weighted by Crippen LogP contribution is -2.32. The van der Waals surface area contributed by atoms with Crippen LogP contribution in [0.25, 0.3) is 5.76 Å². The van der Waals surface area contributed by atoms with E-state index in [2.05, 4.69) is 15.9 Å². The Balaban J connectivity index is 2.12. The number of Topliss-reactive ketones (excluding diaryl/α,β-unsaturated/α-hetero) is 1. The molecule has 7 nitrogen and oxygen atoms in total. The molecular formula is C23H22BrNO6. The Morgan fingerprint density at radius 1 is 1.16 bits per heavy atom. The number of ether oxygens (including phenoxy) is 2. The summed E-state index contributed by atoms with van der Waals surface area (Å²) in [6, 6.07) is 10.9. The molecule has 0 aromatic heterocycles. The van der Waals surface area contributed by atoms with E-state index in [1.807, 2.05) is 6.92 Å². The fraction of sp³-hybridized carbons (Fsp3) is 0.261. The summed E-state index contributed by atoms with van der Waals surface area (Å²) in [6.07, 6.45) is 0. The Hall–Kier alpha value is -2.97. The highest BCUT2D eigenvalue weighted by Gasteiger charge is 2.45. The van der Waals surface area contributed by atoms with E-state index >= 15 is 0 Å². The maximum Gasteiger partial charge on any atom is 0.308 e. The molecule has 31 heavy (non-hydrogen) atoms. The molecule has 8 heteroatoms. The number of hydrogen-bond acceptors (Lipinski definition) is 6. The van der Waals surface area contributed by atoms with Gasteiger partial charge in [-0.3, -0.25) is 14.4 Å². The molecule has 1 N–H and O–H groups in total. The summed E-state index contributed by atoms with van der Waals surface area (Å²) in [5, 5.41) is 11.0. The van der Waals surface area contributed by atoms with E-state index in [-0.39, 0.29) is 24.5 Å². The van der Waals surface area contributed by atoms with Crippen LogP contribution in [0, 0.1) is 6.92 Å². The molecule has 1 aliphatic heterocycles. The van der Waals surface area contributed by atoms with Crippen LogP contribution in [0.5, 0.6) is 5.75 Å².